The second-order valence-electron chi connectivity index (χ2n) is 3.54. The van der Waals surface area contributed by atoms with Crippen LogP contribution < -0.4 is 10.6 Å². The molecule has 0 amide bonds. The van der Waals surface area contributed by atoms with Gasteiger partial charge in [0.15, 0.2) is 5.96 Å². The number of halogens is 1. The summed E-state index contributed by atoms with van der Waals surface area (Å²) in [5.41, 5.74) is 0. The third kappa shape index (κ3) is 6.07. The number of hydrogen-bond donors (Lipinski definition) is 2. The Morgan fingerprint density at radius 3 is 2.88 bits per heavy atom. The number of nitrogens with zero attached hydrogens (tertiary/aromatic N) is 1. The molecule has 0 radical (unpaired) electrons. The fraction of sp³-hybridized carbons (Fsp3) is 0.417. The fourth-order valence-corrected chi connectivity index (χ4v) is 2.10. The fourth-order valence-electron chi connectivity index (χ4n) is 1.31. The molecule has 0 saturated carbocycles. The molecule has 0 saturated heterocycles. The van der Waals surface area contributed by atoms with E-state index in [0.717, 1.165) is 19.0 Å². The highest BCUT2D eigenvalue weighted by Gasteiger charge is 2.06. The van der Waals surface area contributed by atoms with Crippen LogP contribution in [0.1, 0.15) is 17.7 Å². The summed E-state index contributed by atoms with van der Waals surface area (Å²) in [5, 5.41) is 8.54. The van der Waals surface area contributed by atoms with Crippen LogP contribution in [0.2, 0.25) is 0 Å². The number of hydrogen-bond acceptors (Lipinski definition) is 2. The van der Waals surface area contributed by atoms with Gasteiger partial charge in [-0.25, -0.2) is 0 Å². The predicted molar refractivity (Wildman–Crippen MR) is 87.7 cm³/mol. The van der Waals surface area contributed by atoms with E-state index in [9.17, 15) is 0 Å². The van der Waals surface area contributed by atoms with Crippen molar-refractivity contribution in [1.29, 1.82) is 0 Å². The van der Waals surface area contributed by atoms with Crippen LogP contribution in [0.3, 0.4) is 0 Å². The average Bonchev–Trinajstić information content (AvgIpc) is 2.82. The maximum Gasteiger partial charge on any atom is 0.191 e. The molecule has 1 aromatic heterocycles. The minimum absolute atomic E-state index is 0. The zero-order valence-corrected chi connectivity index (χ0v) is 13.4. The normalized spacial score (nSPS) is 12.5. The van der Waals surface area contributed by atoms with Crippen LogP contribution in [0.25, 0.3) is 0 Å². The molecule has 1 aromatic rings. The van der Waals surface area contributed by atoms with Gasteiger partial charge in [0, 0.05) is 30.9 Å². The molecule has 0 fully saturated rings. The van der Waals surface area contributed by atoms with Crippen molar-refractivity contribution >= 4 is 41.3 Å². The summed E-state index contributed by atoms with van der Waals surface area (Å²) in [6.07, 6.45) is 1.82. The highest BCUT2D eigenvalue weighted by Crippen LogP contribution is 2.19. The second-order valence-corrected chi connectivity index (χ2v) is 4.52. The molecule has 1 rings (SSSR count). The van der Waals surface area contributed by atoms with E-state index in [-0.39, 0.29) is 24.0 Å². The molecule has 2 N–H and O–H groups in total. The van der Waals surface area contributed by atoms with Crippen LogP contribution in [0, 0.1) is 0 Å². The Balaban J connectivity index is 0.00000256. The summed E-state index contributed by atoms with van der Waals surface area (Å²) in [7, 11) is 1.77. The second kappa shape index (κ2) is 9.47. The minimum atomic E-state index is 0. The van der Waals surface area contributed by atoms with Gasteiger partial charge in [0.05, 0.1) is 0 Å². The van der Waals surface area contributed by atoms with E-state index in [0.29, 0.717) is 5.92 Å². The summed E-state index contributed by atoms with van der Waals surface area (Å²) in [4.78, 5) is 5.52. The molecule has 5 heteroatoms. The van der Waals surface area contributed by atoms with Crippen LogP contribution >= 0.6 is 35.3 Å². The molecular weight excluding hydrogens is 345 g/mol. The van der Waals surface area contributed by atoms with Crippen molar-refractivity contribution in [2.24, 2.45) is 4.99 Å². The summed E-state index contributed by atoms with van der Waals surface area (Å²) < 4.78 is 0. The number of aliphatic imine (C=N–C) groups is 1. The first-order valence-electron chi connectivity index (χ1n) is 5.36. The van der Waals surface area contributed by atoms with Gasteiger partial charge in [0.2, 0.25) is 0 Å². The van der Waals surface area contributed by atoms with Crippen LogP contribution in [0.15, 0.2) is 35.2 Å². The Morgan fingerprint density at radius 2 is 2.35 bits per heavy atom. The van der Waals surface area contributed by atoms with Crippen LogP contribution in [-0.4, -0.2) is 26.1 Å². The highest BCUT2D eigenvalue weighted by atomic mass is 127. The van der Waals surface area contributed by atoms with Crippen molar-refractivity contribution in [3.8, 4) is 0 Å². The largest absolute Gasteiger partial charge is 0.356 e. The molecule has 0 aliphatic heterocycles. The van der Waals surface area contributed by atoms with E-state index in [2.05, 4.69) is 46.6 Å². The SMILES string of the molecule is C=CCNC(=NC)NCC(C)c1cccs1.I. The van der Waals surface area contributed by atoms with Crippen molar-refractivity contribution in [3.05, 3.63) is 35.0 Å². The van der Waals surface area contributed by atoms with Crippen molar-refractivity contribution in [3.63, 3.8) is 0 Å². The molecule has 3 nitrogen and oxygen atoms in total. The van der Waals surface area contributed by atoms with Crippen LogP contribution in [-0.2, 0) is 0 Å². The summed E-state index contributed by atoms with van der Waals surface area (Å²) >= 11 is 1.79. The van der Waals surface area contributed by atoms with Crippen molar-refractivity contribution in [1.82, 2.24) is 10.6 Å². The number of guanidine groups is 1. The van der Waals surface area contributed by atoms with Crippen molar-refractivity contribution < 1.29 is 0 Å². The Hall–Kier alpha value is -0.560. The molecular formula is C12H20IN3S. The molecule has 1 atom stereocenters. The minimum Gasteiger partial charge on any atom is -0.356 e. The number of rotatable bonds is 5. The molecule has 0 aromatic carbocycles. The van der Waals surface area contributed by atoms with E-state index < -0.39 is 0 Å². The molecule has 96 valence electrons. The van der Waals surface area contributed by atoms with Crippen LogP contribution in [0.4, 0.5) is 0 Å². The van der Waals surface area contributed by atoms with Gasteiger partial charge in [0.25, 0.3) is 0 Å². The maximum atomic E-state index is 4.13. The highest BCUT2D eigenvalue weighted by molar-refractivity contribution is 14.0. The molecule has 0 aliphatic carbocycles. The van der Waals surface area contributed by atoms with Gasteiger partial charge < -0.3 is 10.6 Å². The van der Waals surface area contributed by atoms with Gasteiger partial charge in [-0.15, -0.1) is 41.9 Å². The quantitative estimate of drug-likeness (QED) is 0.364. The molecule has 0 aliphatic rings. The Kier molecular flexibility index (Phi) is 9.16. The summed E-state index contributed by atoms with van der Waals surface area (Å²) in [6.45, 7) is 7.48. The monoisotopic (exact) mass is 365 g/mol. The average molecular weight is 365 g/mol. The van der Waals surface area contributed by atoms with E-state index >= 15 is 0 Å². The first kappa shape index (κ1) is 16.4. The third-order valence-corrected chi connectivity index (χ3v) is 3.35. The lowest BCUT2D eigenvalue weighted by Gasteiger charge is -2.14. The molecule has 17 heavy (non-hydrogen) atoms. The lowest BCUT2D eigenvalue weighted by atomic mass is 10.1. The zero-order valence-electron chi connectivity index (χ0n) is 10.3. The van der Waals surface area contributed by atoms with E-state index in [1.165, 1.54) is 4.88 Å². The zero-order chi connectivity index (χ0) is 11.8. The predicted octanol–water partition coefficient (Wildman–Crippen LogP) is 2.82. The first-order chi connectivity index (χ1) is 7.77. The Morgan fingerprint density at radius 1 is 1.59 bits per heavy atom. The van der Waals surface area contributed by atoms with E-state index in [1.54, 1.807) is 18.4 Å². The van der Waals surface area contributed by atoms with Crippen LogP contribution in [0.5, 0.6) is 0 Å². The van der Waals surface area contributed by atoms with Gasteiger partial charge in [-0.05, 0) is 11.4 Å². The van der Waals surface area contributed by atoms with Crippen molar-refractivity contribution in [2.75, 3.05) is 20.1 Å². The standard InChI is InChI=1S/C12H19N3S.HI/c1-4-7-14-12(13-3)15-9-10(2)11-6-5-8-16-11;/h4-6,8,10H,1,7,9H2,2-3H3,(H2,13,14,15);1H. The van der Waals surface area contributed by atoms with E-state index in [4.69, 9.17) is 0 Å². The molecule has 0 spiro atoms. The first-order valence-corrected chi connectivity index (χ1v) is 6.24. The third-order valence-electron chi connectivity index (χ3n) is 2.24. The number of nitrogens with one attached hydrogen (secondary N) is 2. The Labute approximate surface area is 124 Å². The summed E-state index contributed by atoms with van der Waals surface area (Å²) in [5.74, 6) is 1.32. The molecule has 1 heterocycles. The van der Waals surface area contributed by atoms with Crippen molar-refractivity contribution in [2.45, 2.75) is 12.8 Å². The lowest BCUT2D eigenvalue weighted by Crippen LogP contribution is -2.38. The van der Waals surface area contributed by atoms with Gasteiger partial charge in [0.1, 0.15) is 0 Å². The smallest absolute Gasteiger partial charge is 0.191 e. The van der Waals surface area contributed by atoms with Gasteiger partial charge in [-0.3, -0.25) is 4.99 Å². The Bertz CT molecular complexity index is 336. The summed E-state index contributed by atoms with van der Waals surface area (Å²) in [6, 6.07) is 4.25. The van der Waals surface area contributed by atoms with Gasteiger partial charge in [-0.1, -0.05) is 19.1 Å². The topological polar surface area (TPSA) is 36.4 Å². The van der Waals surface area contributed by atoms with Gasteiger partial charge in [-0.2, -0.15) is 0 Å². The molecule has 0 bridgehead atoms. The maximum absolute atomic E-state index is 4.13. The lowest BCUT2D eigenvalue weighted by molar-refractivity contribution is 0.716. The molecule has 1 unspecified atom stereocenters. The van der Waals surface area contributed by atoms with E-state index in [1.807, 2.05) is 6.08 Å². The van der Waals surface area contributed by atoms with Gasteiger partial charge >= 0.3 is 0 Å². The number of thiophene rings is 1.